The van der Waals surface area contributed by atoms with Crippen molar-refractivity contribution < 1.29 is 0 Å². The van der Waals surface area contributed by atoms with Crippen LogP contribution in [0.3, 0.4) is 0 Å². The molecule has 1 aliphatic carbocycles. The first-order chi connectivity index (χ1) is 8.63. The molecular formula is C13H23N5. The molecule has 0 amide bonds. The standard InChI is InChI=1S/C13H23N5/c1-8(2)11-12(15-7-16-13(11)18-14)17-10-6-4-5-9(10)3/h7-10H,4-6,14H2,1-3H3,(H2,15,16,17,18). The lowest BCUT2D eigenvalue weighted by Crippen LogP contribution is -2.24. The summed E-state index contributed by atoms with van der Waals surface area (Å²) in [5.41, 5.74) is 3.73. The van der Waals surface area contributed by atoms with Gasteiger partial charge in [0.25, 0.3) is 0 Å². The van der Waals surface area contributed by atoms with Crippen molar-refractivity contribution in [3.63, 3.8) is 0 Å². The number of hydrazine groups is 1. The summed E-state index contributed by atoms with van der Waals surface area (Å²) in [5.74, 6) is 8.20. The summed E-state index contributed by atoms with van der Waals surface area (Å²) in [6, 6.07) is 0.517. The monoisotopic (exact) mass is 249 g/mol. The minimum Gasteiger partial charge on any atom is -0.367 e. The summed E-state index contributed by atoms with van der Waals surface area (Å²) >= 11 is 0. The van der Waals surface area contributed by atoms with Crippen LogP contribution in [0.25, 0.3) is 0 Å². The fraction of sp³-hybridized carbons (Fsp3) is 0.692. The summed E-state index contributed by atoms with van der Waals surface area (Å²) in [5, 5.41) is 3.57. The first kappa shape index (κ1) is 13.1. The molecule has 1 saturated carbocycles. The first-order valence-electron chi connectivity index (χ1n) is 6.71. The van der Waals surface area contributed by atoms with Gasteiger partial charge in [-0.15, -0.1) is 0 Å². The average molecular weight is 249 g/mol. The second-order valence-electron chi connectivity index (χ2n) is 5.44. The number of hydrogen-bond donors (Lipinski definition) is 3. The maximum atomic E-state index is 5.52. The van der Waals surface area contributed by atoms with Crippen LogP contribution in [0.2, 0.25) is 0 Å². The van der Waals surface area contributed by atoms with Gasteiger partial charge in [-0.05, 0) is 24.7 Å². The number of rotatable bonds is 4. The predicted octanol–water partition coefficient (Wildman–Crippen LogP) is 2.49. The molecule has 4 N–H and O–H groups in total. The number of hydrogen-bond acceptors (Lipinski definition) is 5. The largest absolute Gasteiger partial charge is 0.367 e. The molecule has 0 bridgehead atoms. The molecule has 1 heterocycles. The van der Waals surface area contributed by atoms with E-state index in [9.17, 15) is 0 Å². The number of nitrogens with zero attached hydrogens (tertiary/aromatic N) is 2. The zero-order valence-electron chi connectivity index (χ0n) is 11.4. The molecule has 100 valence electrons. The Bertz CT molecular complexity index is 404. The number of aromatic nitrogens is 2. The van der Waals surface area contributed by atoms with E-state index in [0.717, 1.165) is 11.4 Å². The van der Waals surface area contributed by atoms with Gasteiger partial charge in [0, 0.05) is 11.6 Å². The Balaban J connectivity index is 2.26. The number of anilines is 2. The van der Waals surface area contributed by atoms with Gasteiger partial charge >= 0.3 is 0 Å². The molecule has 2 atom stereocenters. The number of nitrogens with two attached hydrogens (primary N) is 1. The maximum Gasteiger partial charge on any atom is 0.148 e. The molecule has 2 rings (SSSR count). The molecular weight excluding hydrogens is 226 g/mol. The zero-order chi connectivity index (χ0) is 13.1. The average Bonchev–Trinajstić information content (AvgIpc) is 2.74. The lowest BCUT2D eigenvalue weighted by molar-refractivity contribution is 0.553. The van der Waals surface area contributed by atoms with Crippen LogP contribution in [-0.4, -0.2) is 16.0 Å². The van der Waals surface area contributed by atoms with E-state index in [0.29, 0.717) is 23.7 Å². The fourth-order valence-electron chi connectivity index (χ4n) is 2.71. The lowest BCUT2D eigenvalue weighted by Gasteiger charge is -2.22. The Morgan fingerprint density at radius 1 is 1.28 bits per heavy atom. The minimum atomic E-state index is 0.330. The highest BCUT2D eigenvalue weighted by Crippen LogP contribution is 2.32. The SMILES string of the molecule is CC(C)c1c(NN)ncnc1NC1CCCC1C. The second kappa shape index (κ2) is 5.52. The zero-order valence-corrected chi connectivity index (χ0v) is 11.4. The van der Waals surface area contributed by atoms with Gasteiger partial charge in [-0.2, -0.15) is 0 Å². The molecule has 1 aromatic heterocycles. The first-order valence-corrected chi connectivity index (χ1v) is 6.71. The Morgan fingerprint density at radius 2 is 2.00 bits per heavy atom. The van der Waals surface area contributed by atoms with Crippen LogP contribution in [0.5, 0.6) is 0 Å². The molecule has 0 aliphatic heterocycles. The van der Waals surface area contributed by atoms with E-state index >= 15 is 0 Å². The van der Waals surface area contributed by atoms with Crippen molar-refractivity contribution in [2.45, 2.75) is 52.0 Å². The van der Waals surface area contributed by atoms with Crippen LogP contribution in [0.4, 0.5) is 11.6 Å². The summed E-state index contributed by atoms with van der Waals surface area (Å²) in [4.78, 5) is 8.57. The topological polar surface area (TPSA) is 75.9 Å². The summed E-state index contributed by atoms with van der Waals surface area (Å²) in [7, 11) is 0. The highest BCUT2D eigenvalue weighted by Gasteiger charge is 2.25. The van der Waals surface area contributed by atoms with Gasteiger partial charge in [0.1, 0.15) is 18.0 Å². The van der Waals surface area contributed by atoms with Gasteiger partial charge in [0.05, 0.1) is 0 Å². The molecule has 1 aromatic rings. The number of nitrogens with one attached hydrogen (secondary N) is 2. The van der Waals surface area contributed by atoms with Crippen LogP contribution in [0, 0.1) is 5.92 Å². The van der Waals surface area contributed by atoms with Gasteiger partial charge in [-0.3, -0.25) is 0 Å². The normalized spacial score (nSPS) is 23.4. The van der Waals surface area contributed by atoms with Crippen molar-refractivity contribution in [3.05, 3.63) is 11.9 Å². The summed E-state index contributed by atoms with van der Waals surface area (Å²) in [6.45, 7) is 6.55. The highest BCUT2D eigenvalue weighted by atomic mass is 15.3. The van der Waals surface area contributed by atoms with E-state index < -0.39 is 0 Å². The van der Waals surface area contributed by atoms with Crippen molar-refractivity contribution in [2.24, 2.45) is 11.8 Å². The molecule has 0 spiro atoms. The predicted molar refractivity (Wildman–Crippen MR) is 74.4 cm³/mol. The van der Waals surface area contributed by atoms with E-state index in [1.807, 2.05) is 0 Å². The van der Waals surface area contributed by atoms with E-state index in [-0.39, 0.29) is 0 Å². The molecule has 2 unspecified atom stereocenters. The molecule has 18 heavy (non-hydrogen) atoms. The van der Waals surface area contributed by atoms with Crippen LogP contribution in [0.1, 0.15) is 51.5 Å². The Labute approximate surface area is 109 Å². The van der Waals surface area contributed by atoms with Crippen LogP contribution in [0.15, 0.2) is 6.33 Å². The smallest absolute Gasteiger partial charge is 0.148 e. The minimum absolute atomic E-state index is 0.330. The quantitative estimate of drug-likeness (QED) is 0.564. The molecule has 5 heteroatoms. The molecule has 0 saturated heterocycles. The van der Waals surface area contributed by atoms with Crippen molar-refractivity contribution in [3.8, 4) is 0 Å². The summed E-state index contributed by atoms with van der Waals surface area (Å²) < 4.78 is 0. The Hall–Kier alpha value is -1.36. The van der Waals surface area contributed by atoms with Crippen molar-refractivity contribution >= 4 is 11.6 Å². The van der Waals surface area contributed by atoms with Gasteiger partial charge in [0.2, 0.25) is 0 Å². The molecule has 1 fully saturated rings. The third kappa shape index (κ3) is 2.56. The van der Waals surface area contributed by atoms with E-state index in [4.69, 9.17) is 5.84 Å². The molecule has 5 nitrogen and oxygen atoms in total. The molecule has 0 aromatic carbocycles. The van der Waals surface area contributed by atoms with Crippen LogP contribution in [-0.2, 0) is 0 Å². The van der Waals surface area contributed by atoms with Gasteiger partial charge in [-0.1, -0.05) is 27.2 Å². The Morgan fingerprint density at radius 3 is 2.56 bits per heavy atom. The highest BCUT2D eigenvalue weighted by molar-refractivity contribution is 5.58. The molecule has 0 radical (unpaired) electrons. The maximum absolute atomic E-state index is 5.52. The molecule has 1 aliphatic rings. The fourth-order valence-corrected chi connectivity index (χ4v) is 2.71. The summed E-state index contributed by atoms with van der Waals surface area (Å²) in [6.07, 6.45) is 5.36. The van der Waals surface area contributed by atoms with E-state index in [2.05, 4.69) is 41.5 Å². The van der Waals surface area contributed by atoms with Gasteiger partial charge in [0.15, 0.2) is 0 Å². The number of nitrogen functional groups attached to an aromatic ring is 1. The van der Waals surface area contributed by atoms with Crippen molar-refractivity contribution in [1.29, 1.82) is 0 Å². The second-order valence-corrected chi connectivity index (χ2v) is 5.44. The van der Waals surface area contributed by atoms with Crippen LogP contribution < -0.4 is 16.6 Å². The third-order valence-electron chi connectivity index (χ3n) is 3.78. The van der Waals surface area contributed by atoms with Crippen LogP contribution >= 0.6 is 0 Å². The lowest BCUT2D eigenvalue weighted by atomic mass is 10.0. The van der Waals surface area contributed by atoms with Gasteiger partial charge in [-0.25, -0.2) is 15.8 Å². The van der Waals surface area contributed by atoms with E-state index in [1.54, 1.807) is 6.33 Å². The van der Waals surface area contributed by atoms with Crippen molar-refractivity contribution in [1.82, 2.24) is 9.97 Å². The van der Waals surface area contributed by atoms with Crippen molar-refractivity contribution in [2.75, 3.05) is 10.7 Å². The Kier molecular flexibility index (Phi) is 4.01. The third-order valence-corrected chi connectivity index (χ3v) is 3.78. The van der Waals surface area contributed by atoms with E-state index in [1.165, 1.54) is 19.3 Å². The van der Waals surface area contributed by atoms with Gasteiger partial charge < -0.3 is 10.7 Å².